The third-order valence-corrected chi connectivity index (χ3v) is 3.34. The Hall–Kier alpha value is -1.85. The number of amides is 2. The number of carbonyl (C=O) groups excluding carboxylic acids is 3. The molecule has 0 bridgehead atoms. The fourth-order valence-corrected chi connectivity index (χ4v) is 2.45. The number of piperidine rings is 1. The molecule has 6 nitrogen and oxygen atoms in total. The van der Waals surface area contributed by atoms with Crippen LogP contribution in [0.3, 0.4) is 0 Å². The molecule has 1 heterocycles. The monoisotopic (exact) mass is 296 g/mol. The summed E-state index contributed by atoms with van der Waals surface area (Å²) in [7, 11) is 1.29. The molecule has 1 aliphatic heterocycles. The molecule has 118 valence electrons. The third kappa shape index (κ3) is 6.42. The average molecular weight is 296 g/mol. The minimum Gasteiger partial charge on any atom is -0.466 e. The fraction of sp³-hybridized carbons (Fsp3) is 0.667. The second-order valence-corrected chi connectivity index (χ2v) is 5.70. The fourth-order valence-electron chi connectivity index (χ4n) is 2.45. The van der Waals surface area contributed by atoms with Gasteiger partial charge in [-0.15, -0.1) is 0 Å². The van der Waals surface area contributed by atoms with E-state index in [0.29, 0.717) is 12.3 Å². The number of ether oxygens (including phenoxy) is 1. The summed E-state index contributed by atoms with van der Waals surface area (Å²) in [5.41, 5.74) is 0. The highest BCUT2D eigenvalue weighted by Gasteiger charge is 2.31. The molecule has 0 radical (unpaired) electrons. The van der Waals surface area contributed by atoms with E-state index < -0.39 is 5.97 Å². The molecule has 0 aromatic rings. The first-order valence-corrected chi connectivity index (χ1v) is 7.24. The summed E-state index contributed by atoms with van der Waals surface area (Å²) < 4.78 is 4.45. The first-order valence-electron chi connectivity index (χ1n) is 7.24. The molecule has 2 amide bonds. The maximum atomic E-state index is 12.0. The Morgan fingerprint density at radius 2 is 2.19 bits per heavy atom. The van der Waals surface area contributed by atoms with E-state index in [1.54, 1.807) is 0 Å². The van der Waals surface area contributed by atoms with Crippen LogP contribution < -0.4 is 10.6 Å². The average Bonchev–Trinajstić information content (AvgIpc) is 2.41. The van der Waals surface area contributed by atoms with Gasteiger partial charge in [-0.2, -0.15) is 0 Å². The molecule has 0 aliphatic carbocycles. The lowest BCUT2D eigenvalue weighted by atomic mass is 9.87. The van der Waals surface area contributed by atoms with Crippen LogP contribution in [0.2, 0.25) is 0 Å². The van der Waals surface area contributed by atoms with Crippen LogP contribution in [-0.4, -0.2) is 37.5 Å². The summed E-state index contributed by atoms with van der Waals surface area (Å²) in [4.78, 5) is 34.6. The van der Waals surface area contributed by atoms with Crippen LogP contribution in [-0.2, 0) is 19.1 Å². The van der Waals surface area contributed by atoms with Crippen LogP contribution in [0.1, 0.15) is 33.1 Å². The van der Waals surface area contributed by atoms with Crippen LogP contribution in [0.4, 0.5) is 0 Å². The molecule has 2 N–H and O–H groups in total. The maximum Gasteiger partial charge on any atom is 0.330 e. The number of esters is 1. The molecular weight excluding hydrogens is 272 g/mol. The summed E-state index contributed by atoms with van der Waals surface area (Å²) in [6.45, 7) is 4.43. The van der Waals surface area contributed by atoms with Gasteiger partial charge in [-0.25, -0.2) is 4.79 Å². The normalized spacial score (nSPS) is 22.2. The van der Waals surface area contributed by atoms with Crippen LogP contribution in [0.25, 0.3) is 0 Å². The van der Waals surface area contributed by atoms with Crippen LogP contribution in [0.15, 0.2) is 12.2 Å². The van der Waals surface area contributed by atoms with Crippen molar-refractivity contribution >= 4 is 17.8 Å². The Bertz CT molecular complexity index is 418. The number of hydrogen-bond acceptors (Lipinski definition) is 4. The highest BCUT2D eigenvalue weighted by molar-refractivity contribution is 5.87. The zero-order valence-corrected chi connectivity index (χ0v) is 12.8. The van der Waals surface area contributed by atoms with Crippen molar-refractivity contribution in [1.29, 1.82) is 0 Å². The lowest BCUT2D eigenvalue weighted by Crippen LogP contribution is -2.47. The van der Waals surface area contributed by atoms with Gasteiger partial charge >= 0.3 is 5.97 Å². The standard InChI is InChI=1S/C15H24N2O4/c1-10(2)7-12-8-11(9-13(18)17-12)15(20)16-6-4-5-14(19)21-3/h4-5,10-12H,6-9H2,1-3H3,(H,16,20)(H,17,18)/b5-4+. The van der Waals surface area contributed by atoms with E-state index >= 15 is 0 Å². The van der Waals surface area contributed by atoms with E-state index in [4.69, 9.17) is 0 Å². The number of rotatable bonds is 6. The van der Waals surface area contributed by atoms with E-state index in [1.165, 1.54) is 19.3 Å². The summed E-state index contributed by atoms with van der Waals surface area (Å²) >= 11 is 0. The van der Waals surface area contributed by atoms with Crippen LogP contribution in [0, 0.1) is 11.8 Å². The van der Waals surface area contributed by atoms with Crippen molar-refractivity contribution < 1.29 is 19.1 Å². The number of carbonyl (C=O) groups is 3. The molecule has 2 atom stereocenters. The number of hydrogen-bond donors (Lipinski definition) is 2. The Labute approximate surface area is 125 Å². The van der Waals surface area contributed by atoms with Crippen molar-refractivity contribution in [2.45, 2.75) is 39.2 Å². The molecule has 0 saturated carbocycles. The van der Waals surface area contributed by atoms with Gasteiger partial charge in [-0.3, -0.25) is 9.59 Å². The van der Waals surface area contributed by atoms with Gasteiger partial charge in [-0.05, 0) is 18.8 Å². The predicted molar refractivity (Wildman–Crippen MR) is 78.3 cm³/mol. The maximum absolute atomic E-state index is 12.0. The van der Waals surface area contributed by atoms with Crippen LogP contribution in [0.5, 0.6) is 0 Å². The summed E-state index contributed by atoms with van der Waals surface area (Å²) in [6, 6.07) is 0.0626. The molecule has 6 heteroatoms. The van der Waals surface area contributed by atoms with Gasteiger partial charge in [-0.1, -0.05) is 19.9 Å². The third-order valence-electron chi connectivity index (χ3n) is 3.34. The van der Waals surface area contributed by atoms with Gasteiger partial charge in [0.2, 0.25) is 11.8 Å². The summed E-state index contributed by atoms with van der Waals surface area (Å²) in [5.74, 6) is -0.502. The summed E-state index contributed by atoms with van der Waals surface area (Å²) in [5, 5.41) is 5.64. The Balaban J connectivity index is 2.43. The van der Waals surface area contributed by atoms with Gasteiger partial charge < -0.3 is 15.4 Å². The Morgan fingerprint density at radius 3 is 2.81 bits per heavy atom. The van der Waals surface area contributed by atoms with Gasteiger partial charge in [0.05, 0.1) is 7.11 Å². The second-order valence-electron chi connectivity index (χ2n) is 5.70. The van der Waals surface area contributed by atoms with Gasteiger partial charge in [0.1, 0.15) is 0 Å². The lowest BCUT2D eigenvalue weighted by molar-refractivity contribution is -0.135. The SMILES string of the molecule is COC(=O)/C=C/CNC(=O)C1CC(=O)NC(CC(C)C)C1. The first-order chi connectivity index (χ1) is 9.92. The molecule has 1 aliphatic rings. The topological polar surface area (TPSA) is 84.5 Å². The van der Waals surface area contributed by atoms with E-state index in [-0.39, 0.29) is 36.7 Å². The Morgan fingerprint density at radius 1 is 1.48 bits per heavy atom. The Kier molecular flexibility index (Phi) is 6.91. The molecule has 2 unspecified atom stereocenters. The van der Waals surface area contributed by atoms with E-state index in [2.05, 4.69) is 29.2 Å². The van der Waals surface area contributed by atoms with E-state index in [1.807, 2.05) is 0 Å². The van der Waals surface area contributed by atoms with Crippen molar-refractivity contribution in [1.82, 2.24) is 10.6 Å². The zero-order chi connectivity index (χ0) is 15.8. The molecule has 1 rings (SSSR count). The lowest BCUT2D eigenvalue weighted by Gasteiger charge is -2.30. The van der Waals surface area contributed by atoms with Crippen molar-refractivity contribution in [3.05, 3.63) is 12.2 Å². The second kappa shape index (κ2) is 8.44. The number of nitrogens with one attached hydrogen (secondary N) is 2. The quantitative estimate of drug-likeness (QED) is 0.560. The zero-order valence-electron chi connectivity index (χ0n) is 12.8. The molecule has 0 spiro atoms. The highest BCUT2D eigenvalue weighted by atomic mass is 16.5. The molecular formula is C15H24N2O4. The molecule has 1 fully saturated rings. The van der Waals surface area contributed by atoms with Crippen molar-refractivity contribution in [2.75, 3.05) is 13.7 Å². The summed E-state index contributed by atoms with van der Waals surface area (Å²) in [6.07, 6.45) is 4.54. The van der Waals surface area contributed by atoms with Crippen molar-refractivity contribution in [3.8, 4) is 0 Å². The van der Waals surface area contributed by atoms with E-state index in [9.17, 15) is 14.4 Å². The van der Waals surface area contributed by atoms with Crippen molar-refractivity contribution in [3.63, 3.8) is 0 Å². The smallest absolute Gasteiger partial charge is 0.330 e. The minimum absolute atomic E-state index is 0.0626. The molecule has 0 aromatic carbocycles. The molecule has 21 heavy (non-hydrogen) atoms. The largest absolute Gasteiger partial charge is 0.466 e. The molecule has 1 saturated heterocycles. The number of methoxy groups -OCH3 is 1. The van der Waals surface area contributed by atoms with E-state index in [0.717, 1.165) is 6.42 Å². The van der Waals surface area contributed by atoms with Gasteiger partial charge in [0, 0.05) is 31.0 Å². The van der Waals surface area contributed by atoms with Gasteiger partial charge in [0.25, 0.3) is 0 Å². The van der Waals surface area contributed by atoms with Crippen molar-refractivity contribution in [2.24, 2.45) is 11.8 Å². The molecule has 0 aromatic heterocycles. The van der Waals surface area contributed by atoms with Crippen LogP contribution >= 0.6 is 0 Å². The predicted octanol–water partition coefficient (Wildman–Crippen LogP) is 0.773. The first kappa shape index (κ1) is 17.2. The minimum atomic E-state index is -0.460. The van der Waals surface area contributed by atoms with Gasteiger partial charge in [0.15, 0.2) is 0 Å². The highest BCUT2D eigenvalue weighted by Crippen LogP contribution is 2.21.